The first-order valence-corrected chi connectivity index (χ1v) is 6.62. The highest BCUT2D eigenvalue weighted by Gasteiger charge is 2.12. The molecule has 94 valence electrons. The average molecular weight is 348 g/mol. The van der Waals surface area contributed by atoms with Crippen molar-refractivity contribution in [3.05, 3.63) is 50.9 Å². The van der Waals surface area contributed by atoms with Crippen molar-refractivity contribution in [3.63, 3.8) is 0 Å². The maximum Gasteiger partial charge on any atom is 0.169 e. The van der Waals surface area contributed by atoms with Gasteiger partial charge >= 0.3 is 0 Å². The lowest BCUT2D eigenvalue weighted by Gasteiger charge is -2.12. The van der Waals surface area contributed by atoms with E-state index in [1.807, 2.05) is 12.1 Å². The molecule has 0 saturated carbocycles. The Hall–Kier alpha value is -0.900. The summed E-state index contributed by atoms with van der Waals surface area (Å²) in [5.74, 6) is 1.59. The first kappa shape index (κ1) is 13.5. The van der Waals surface area contributed by atoms with E-state index in [9.17, 15) is 0 Å². The smallest absolute Gasteiger partial charge is 0.169 e. The van der Waals surface area contributed by atoms with Crippen molar-refractivity contribution < 1.29 is 9.47 Å². The number of benzene rings is 2. The lowest BCUT2D eigenvalue weighted by Crippen LogP contribution is -1.91. The average Bonchev–Trinajstić information content (AvgIpc) is 2.34. The van der Waals surface area contributed by atoms with Crippen LogP contribution in [-0.4, -0.2) is 7.11 Å². The lowest BCUT2D eigenvalue weighted by atomic mass is 10.3. The third-order valence-electron chi connectivity index (χ3n) is 2.24. The zero-order valence-corrected chi connectivity index (χ0v) is 12.5. The predicted molar refractivity (Wildman–Crippen MR) is 77.2 cm³/mol. The van der Waals surface area contributed by atoms with Crippen LogP contribution in [0.25, 0.3) is 0 Å². The molecule has 2 aromatic rings. The first-order chi connectivity index (χ1) is 8.61. The quantitative estimate of drug-likeness (QED) is 0.723. The van der Waals surface area contributed by atoms with Crippen molar-refractivity contribution in [2.24, 2.45) is 0 Å². The molecule has 0 bridgehead atoms. The number of methoxy groups -OCH3 is 1. The molecular formula is C13H9BrCl2O2. The van der Waals surface area contributed by atoms with E-state index in [1.165, 1.54) is 0 Å². The minimum Gasteiger partial charge on any atom is -0.493 e. The fraction of sp³-hybridized carbons (Fsp3) is 0.0769. The number of halogens is 3. The highest BCUT2D eigenvalue weighted by atomic mass is 79.9. The third-order valence-corrected chi connectivity index (χ3v) is 3.26. The molecule has 0 atom stereocenters. The van der Waals surface area contributed by atoms with E-state index in [1.54, 1.807) is 31.4 Å². The Labute approximate surface area is 124 Å². The summed E-state index contributed by atoms with van der Waals surface area (Å²) in [5.41, 5.74) is 0. The van der Waals surface area contributed by atoms with Crippen LogP contribution in [0.2, 0.25) is 10.0 Å². The number of hydrogen-bond donors (Lipinski definition) is 0. The Morgan fingerprint density at radius 2 is 1.56 bits per heavy atom. The topological polar surface area (TPSA) is 18.5 Å². The van der Waals surface area contributed by atoms with Gasteiger partial charge in [0.25, 0.3) is 0 Å². The Bertz CT molecular complexity index is 550. The molecule has 0 amide bonds. The normalized spacial score (nSPS) is 10.2. The lowest BCUT2D eigenvalue weighted by molar-refractivity contribution is 0.379. The summed E-state index contributed by atoms with van der Waals surface area (Å²) in [4.78, 5) is 0. The van der Waals surface area contributed by atoms with Crippen molar-refractivity contribution in [2.45, 2.75) is 0 Å². The summed E-state index contributed by atoms with van der Waals surface area (Å²) >= 11 is 15.5. The van der Waals surface area contributed by atoms with E-state index in [-0.39, 0.29) is 0 Å². The van der Waals surface area contributed by atoms with Crippen LogP contribution in [0.5, 0.6) is 17.2 Å². The number of para-hydroxylation sites is 2. The SMILES string of the molecule is COc1ccccc1Oc1c(Cl)cc(Br)cc1Cl. The van der Waals surface area contributed by atoms with Gasteiger partial charge in [-0.3, -0.25) is 0 Å². The molecule has 0 fully saturated rings. The zero-order valence-electron chi connectivity index (χ0n) is 9.41. The van der Waals surface area contributed by atoms with Gasteiger partial charge in [-0.15, -0.1) is 0 Å². The van der Waals surface area contributed by atoms with Crippen molar-refractivity contribution >= 4 is 39.1 Å². The van der Waals surface area contributed by atoms with Crippen LogP contribution >= 0.6 is 39.1 Å². The number of hydrogen-bond acceptors (Lipinski definition) is 2. The summed E-state index contributed by atoms with van der Waals surface area (Å²) in [7, 11) is 1.58. The van der Waals surface area contributed by atoms with E-state index in [0.29, 0.717) is 27.3 Å². The van der Waals surface area contributed by atoms with Crippen LogP contribution in [0.1, 0.15) is 0 Å². The molecular weight excluding hydrogens is 339 g/mol. The molecule has 18 heavy (non-hydrogen) atoms. The fourth-order valence-electron chi connectivity index (χ4n) is 1.44. The van der Waals surface area contributed by atoms with Gasteiger partial charge < -0.3 is 9.47 Å². The third kappa shape index (κ3) is 2.91. The molecule has 0 unspecified atom stereocenters. The fourth-order valence-corrected chi connectivity index (χ4v) is 2.73. The van der Waals surface area contributed by atoms with Gasteiger partial charge in [-0.25, -0.2) is 0 Å². The van der Waals surface area contributed by atoms with E-state index in [4.69, 9.17) is 32.7 Å². The van der Waals surface area contributed by atoms with Crippen molar-refractivity contribution in [1.82, 2.24) is 0 Å². The molecule has 5 heteroatoms. The highest BCUT2D eigenvalue weighted by Crippen LogP contribution is 2.40. The molecule has 0 spiro atoms. The minimum absolute atomic E-state index is 0.408. The van der Waals surface area contributed by atoms with Crippen LogP contribution in [0.15, 0.2) is 40.9 Å². The monoisotopic (exact) mass is 346 g/mol. The van der Waals surface area contributed by atoms with E-state index >= 15 is 0 Å². The maximum atomic E-state index is 6.10. The summed E-state index contributed by atoms with van der Waals surface area (Å²) in [5, 5.41) is 0.862. The summed E-state index contributed by atoms with van der Waals surface area (Å²) in [6.45, 7) is 0. The van der Waals surface area contributed by atoms with Crippen LogP contribution in [-0.2, 0) is 0 Å². The van der Waals surface area contributed by atoms with Crippen molar-refractivity contribution in [2.75, 3.05) is 7.11 Å². The molecule has 2 nitrogen and oxygen atoms in total. The second kappa shape index (κ2) is 5.83. The molecule has 0 aliphatic rings. The zero-order chi connectivity index (χ0) is 13.1. The van der Waals surface area contributed by atoms with Gasteiger partial charge in [-0.2, -0.15) is 0 Å². The second-order valence-electron chi connectivity index (χ2n) is 3.45. The van der Waals surface area contributed by atoms with Gasteiger partial charge in [0.1, 0.15) is 0 Å². The summed E-state index contributed by atoms with van der Waals surface area (Å²) in [6, 6.07) is 10.7. The largest absolute Gasteiger partial charge is 0.493 e. The van der Waals surface area contributed by atoms with Gasteiger partial charge in [0.15, 0.2) is 17.2 Å². The first-order valence-electron chi connectivity index (χ1n) is 5.07. The van der Waals surface area contributed by atoms with Gasteiger partial charge in [-0.1, -0.05) is 51.3 Å². The van der Waals surface area contributed by atoms with Gasteiger partial charge in [0, 0.05) is 4.47 Å². The molecule has 0 heterocycles. The maximum absolute atomic E-state index is 6.10. The number of rotatable bonds is 3. The summed E-state index contributed by atoms with van der Waals surface area (Å²) < 4.78 is 11.7. The van der Waals surface area contributed by atoms with Crippen LogP contribution < -0.4 is 9.47 Å². The minimum atomic E-state index is 0.408. The van der Waals surface area contributed by atoms with E-state index in [0.717, 1.165) is 4.47 Å². The van der Waals surface area contributed by atoms with E-state index < -0.39 is 0 Å². The van der Waals surface area contributed by atoms with Gasteiger partial charge in [0.2, 0.25) is 0 Å². The Morgan fingerprint density at radius 1 is 1.00 bits per heavy atom. The van der Waals surface area contributed by atoms with Crippen molar-refractivity contribution in [1.29, 1.82) is 0 Å². The molecule has 2 aromatic carbocycles. The summed E-state index contributed by atoms with van der Waals surface area (Å²) in [6.07, 6.45) is 0. The van der Waals surface area contributed by atoms with Crippen LogP contribution in [0.3, 0.4) is 0 Å². The molecule has 0 radical (unpaired) electrons. The van der Waals surface area contributed by atoms with Gasteiger partial charge in [-0.05, 0) is 24.3 Å². The molecule has 0 aliphatic heterocycles. The van der Waals surface area contributed by atoms with Gasteiger partial charge in [0.05, 0.1) is 17.2 Å². The molecule has 0 saturated heterocycles. The Kier molecular flexibility index (Phi) is 4.38. The molecule has 0 N–H and O–H groups in total. The highest BCUT2D eigenvalue weighted by molar-refractivity contribution is 9.10. The predicted octanol–water partition coefficient (Wildman–Crippen LogP) is 5.56. The van der Waals surface area contributed by atoms with Crippen LogP contribution in [0.4, 0.5) is 0 Å². The second-order valence-corrected chi connectivity index (χ2v) is 5.18. The molecule has 0 aliphatic carbocycles. The standard InChI is InChI=1S/C13H9BrCl2O2/c1-17-11-4-2-3-5-12(11)18-13-9(15)6-8(14)7-10(13)16/h2-7H,1H3. The Balaban J connectivity index is 2.40. The Morgan fingerprint density at radius 3 is 2.11 bits per heavy atom. The molecule has 0 aromatic heterocycles. The van der Waals surface area contributed by atoms with Crippen molar-refractivity contribution in [3.8, 4) is 17.2 Å². The number of ether oxygens (including phenoxy) is 2. The van der Waals surface area contributed by atoms with E-state index in [2.05, 4.69) is 15.9 Å². The molecule has 2 rings (SSSR count). The van der Waals surface area contributed by atoms with Crippen LogP contribution in [0, 0.1) is 0 Å².